The Balaban J connectivity index is 2.10. The SMILES string of the molecule is NC(=O)NC(=O)CNC1CCOC1. The molecule has 0 bridgehead atoms. The number of ether oxygens (including phenoxy) is 1. The average Bonchev–Trinajstić information content (AvgIpc) is 2.51. The van der Waals surface area contributed by atoms with Crippen molar-refractivity contribution in [1.82, 2.24) is 10.6 Å². The molecule has 0 spiro atoms. The monoisotopic (exact) mass is 187 g/mol. The Morgan fingerprint density at radius 3 is 2.85 bits per heavy atom. The van der Waals surface area contributed by atoms with E-state index in [9.17, 15) is 9.59 Å². The molecular weight excluding hydrogens is 174 g/mol. The Kier molecular flexibility index (Phi) is 3.66. The highest BCUT2D eigenvalue weighted by atomic mass is 16.5. The smallest absolute Gasteiger partial charge is 0.318 e. The molecule has 0 aromatic rings. The van der Waals surface area contributed by atoms with E-state index in [0.717, 1.165) is 13.0 Å². The van der Waals surface area contributed by atoms with Crippen molar-refractivity contribution in [2.45, 2.75) is 12.5 Å². The molecule has 0 radical (unpaired) electrons. The number of imide groups is 1. The Labute approximate surface area is 75.8 Å². The Bertz CT molecular complexity index is 201. The minimum absolute atomic E-state index is 0.0942. The zero-order valence-electron chi connectivity index (χ0n) is 7.21. The van der Waals surface area contributed by atoms with Crippen molar-refractivity contribution in [3.63, 3.8) is 0 Å². The van der Waals surface area contributed by atoms with E-state index < -0.39 is 11.9 Å². The maximum atomic E-state index is 10.9. The lowest BCUT2D eigenvalue weighted by atomic mass is 10.2. The molecule has 1 unspecified atom stereocenters. The van der Waals surface area contributed by atoms with Crippen LogP contribution in [-0.4, -0.2) is 37.7 Å². The summed E-state index contributed by atoms with van der Waals surface area (Å²) in [6.45, 7) is 1.43. The maximum Gasteiger partial charge on any atom is 0.318 e. The third-order valence-electron chi connectivity index (χ3n) is 1.74. The fraction of sp³-hybridized carbons (Fsp3) is 0.714. The fourth-order valence-corrected chi connectivity index (χ4v) is 1.11. The number of carbonyl (C=O) groups is 2. The first-order valence-electron chi connectivity index (χ1n) is 4.09. The molecule has 6 heteroatoms. The summed E-state index contributed by atoms with van der Waals surface area (Å²) < 4.78 is 5.08. The van der Waals surface area contributed by atoms with Crippen molar-refractivity contribution in [2.24, 2.45) is 5.73 Å². The lowest BCUT2D eigenvalue weighted by molar-refractivity contribution is -0.119. The van der Waals surface area contributed by atoms with Gasteiger partial charge in [0.1, 0.15) is 0 Å². The molecule has 0 aliphatic carbocycles. The van der Waals surface area contributed by atoms with Crippen LogP contribution in [0.5, 0.6) is 0 Å². The molecule has 6 nitrogen and oxygen atoms in total. The number of hydrogen-bond acceptors (Lipinski definition) is 4. The van der Waals surface area contributed by atoms with Gasteiger partial charge in [-0.15, -0.1) is 0 Å². The lowest BCUT2D eigenvalue weighted by Gasteiger charge is -2.08. The molecule has 1 heterocycles. The summed E-state index contributed by atoms with van der Waals surface area (Å²) >= 11 is 0. The number of amides is 3. The summed E-state index contributed by atoms with van der Waals surface area (Å²) in [7, 11) is 0. The molecule has 4 N–H and O–H groups in total. The van der Waals surface area contributed by atoms with E-state index in [4.69, 9.17) is 10.5 Å². The molecule has 1 rings (SSSR count). The second-order valence-corrected chi connectivity index (χ2v) is 2.85. The van der Waals surface area contributed by atoms with Crippen LogP contribution >= 0.6 is 0 Å². The molecule has 0 aromatic carbocycles. The van der Waals surface area contributed by atoms with Crippen molar-refractivity contribution in [3.8, 4) is 0 Å². The van der Waals surface area contributed by atoms with Gasteiger partial charge >= 0.3 is 6.03 Å². The van der Waals surface area contributed by atoms with Crippen molar-refractivity contribution in [1.29, 1.82) is 0 Å². The first-order chi connectivity index (χ1) is 6.18. The molecule has 1 aliphatic heterocycles. The van der Waals surface area contributed by atoms with Crippen LogP contribution in [0.4, 0.5) is 4.79 Å². The molecule has 13 heavy (non-hydrogen) atoms. The molecule has 3 amide bonds. The van der Waals surface area contributed by atoms with Gasteiger partial charge in [0.15, 0.2) is 0 Å². The van der Waals surface area contributed by atoms with E-state index in [1.54, 1.807) is 0 Å². The van der Waals surface area contributed by atoms with E-state index in [-0.39, 0.29) is 12.6 Å². The highest BCUT2D eigenvalue weighted by Crippen LogP contribution is 2.01. The molecule has 1 saturated heterocycles. The molecular formula is C7H13N3O3. The number of rotatable bonds is 3. The van der Waals surface area contributed by atoms with Gasteiger partial charge in [0.05, 0.1) is 13.2 Å². The zero-order chi connectivity index (χ0) is 9.68. The standard InChI is InChI=1S/C7H13N3O3/c8-7(12)10-6(11)3-9-5-1-2-13-4-5/h5,9H,1-4H2,(H3,8,10,11,12). The minimum Gasteiger partial charge on any atom is -0.380 e. The van der Waals surface area contributed by atoms with E-state index in [2.05, 4.69) is 5.32 Å². The lowest BCUT2D eigenvalue weighted by Crippen LogP contribution is -2.43. The van der Waals surface area contributed by atoms with Gasteiger partial charge in [-0.25, -0.2) is 4.79 Å². The van der Waals surface area contributed by atoms with Crippen molar-refractivity contribution in [2.75, 3.05) is 19.8 Å². The second kappa shape index (κ2) is 4.78. The quantitative estimate of drug-likeness (QED) is 0.504. The molecule has 74 valence electrons. The first-order valence-corrected chi connectivity index (χ1v) is 4.09. The number of carbonyl (C=O) groups excluding carboxylic acids is 2. The number of hydrogen-bond donors (Lipinski definition) is 3. The van der Waals surface area contributed by atoms with E-state index in [0.29, 0.717) is 6.61 Å². The Hall–Kier alpha value is -1.14. The predicted octanol–water partition coefficient (Wildman–Crippen LogP) is -1.44. The predicted molar refractivity (Wildman–Crippen MR) is 45.0 cm³/mol. The van der Waals surface area contributed by atoms with Crippen molar-refractivity contribution < 1.29 is 14.3 Å². The van der Waals surface area contributed by atoms with Crippen LogP contribution in [0.2, 0.25) is 0 Å². The number of primary amides is 1. The molecule has 1 atom stereocenters. The summed E-state index contributed by atoms with van der Waals surface area (Å²) in [5.74, 6) is -0.417. The summed E-state index contributed by atoms with van der Waals surface area (Å²) in [5, 5.41) is 4.91. The average molecular weight is 187 g/mol. The molecule has 1 fully saturated rings. The minimum atomic E-state index is -0.825. The van der Waals surface area contributed by atoms with Gasteiger partial charge in [-0.2, -0.15) is 0 Å². The van der Waals surface area contributed by atoms with Crippen LogP contribution in [0.25, 0.3) is 0 Å². The van der Waals surface area contributed by atoms with Gasteiger partial charge in [-0.1, -0.05) is 0 Å². The van der Waals surface area contributed by atoms with Crippen LogP contribution < -0.4 is 16.4 Å². The van der Waals surface area contributed by atoms with E-state index in [1.165, 1.54) is 0 Å². The maximum absolute atomic E-state index is 10.9. The fourth-order valence-electron chi connectivity index (χ4n) is 1.11. The van der Waals surface area contributed by atoms with Crippen molar-refractivity contribution in [3.05, 3.63) is 0 Å². The summed E-state index contributed by atoms with van der Waals surface area (Å²) in [5.41, 5.74) is 4.75. The van der Waals surface area contributed by atoms with Gasteiger partial charge in [0.2, 0.25) is 5.91 Å². The topological polar surface area (TPSA) is 93.5 Å². The van der Waals surface area contributed by atoms with E-state index >= 15 is 0 Å². The van der Waals surface area contributed by atoms with Gasteiger partial charge in [-0.05, 0) is 6.42 Å². The van der Waals surface area contributed by atoms with Crippen LogP contribution in [0.3, 0.4) is 0 Å². The highest BCUT2D eigenvalue weighted by Gasteiger charge is 2.15. The Morgan fingerprint density at radius 1 is 1.54 bits per heavy atom. The number of nitrogens with one attached hydrogen (secondary N) is 2. The molecule has 1 aliphatic rings. The zero-order valence-corrected chi connectivity index (χ0v) is 7.21. The highest BCUT2D eigenvalue weighted by molar-refractivity contribution is 5.94. The van der Waals surface area contributed by atoms with Crippen LogP contribution in [-0.2, 0) is 9.53 Å². The summed E-state index contributed by atoms with van der Waals surface area (Å²) in [6.07, 6.45) is 0.893. The third kappa shape index (κ3) is 3.86. The number of nitrogens with two attached hydrogens (primary N) is 1. The number of urea groups is 1. The van der Waals surface area contributed by atoms with Gasteiger partial charge in [-0.3, -0.25) is 10.1 Å². The van der Waals surface area contributed by atoms with Crippen LogP contribution in [0.1, 0.15) is 6.42 Å². The van der Waals surface area contributed by atoms with Gasteiger partial charge in [0.25, 0.3) is 0 Å². The Morgan fingerprint density at radius 2 is 2.31 bits per heavy atom. The van der Waals surface area contributed by atoms with Gasteiger partial charge < -0.3 is 15.8 Å². The largest absolute Gasteiger partial charge is 0.380 e. The summed E-state index contributed by atoms with van der Waals surface area (Å²) in [4.78, 5) is 21.1. The van der Waals surface area contributed by atoms with E-state index in [1.807, 2.05) is 5.32 Å². The first kappa shape index (κ1) is 9.94. The van der Waals surface area contributed by atoms with Crippen molar-refractivity contribution >= 4 is 11.9 Å². The van der Waals surface area contributed by atoms with Crippen LogP contribution in [0.15, 0.2) is 0 Å². The second-order valence-electron chi connectivity index (χ2n) is 2.85. The van der Waals surface area contributed by atoms with Crippen LogP contribution in [0, 0.1) is 0 Å². The normalized spacial score (nSPS) is 21.4. The molecule has 0 saturated carbocycles. The summed E-state index contributed by atoms with van der Waals surface area (Å²) in [6, 6.07) is -0.618. The molecule has 0 aromatic heterocycles. The third-order valence-corrected chi connectivity index (χ3v) is 1.74. The van der Waals surface area contributed by atoms with Gasteiger partial charge in [0, 0.05) is 12.6 Å².